The predicted molar refractivity (Wildman–Crippen MR) is 384 cm³/mol. The first-order valence-electron chi connectivity index (χ1n) is 32.4. The Morgan fingerprint density at radius 1 is 0.376 bits per heavy atom. The molecule has 4 aliphatic carbocycles. The molecule has 2 atom stereocenters. The first-order valence-corrected chi connectivity index (χ1v) is 32.4. The third kappa shape index (κ3) is 7.32. The van der Waals surface area contributed by atoms with Crippen LogP contribution in [0.15, 0.2) is 343 Å². The van der Waals surface area contributed by atoms with Crippen molar-refractivity contribution >= 4 is 77.9 Å². The van der Waals surface area contributed by atoms with Crippen LogP contribution in [0.3, 0.4) is 0 Å². The minimum absolute atomic E-state index is 0.0884. The van der Waals surface area contributed by atoms with Gasteiger partial charge in [0.05, 0.1) is 38.7 Å². The Labute approximate surface area is 540 Å². The first kappa shape index (κ1) is 53.1. The summed E-state index contributed by atoms with van der Waals surface area (Å²) in [5.41, 5.74) is 28.2. The fourth-order valence-corrected chi connectivity index (χ4v) is 17.6. The van der Waals surface area contributed by atoms with E-state index in [1.807, 2.05) is 0 Å². The molecule has 2 spiro atoms. The van der Waals surface area contributed by atoms with Gasteiger partial charge in [-0.05, 0) is 152 Å². The maximum atomic E-state index is 6.75. The van der Waals surface area contributed by atoms with Crippen LogP contribution in [0.1, 0.15) is 68.8 Å². The molecule has 0 bridgehead atoms. The van der Waals surface area contributed by atoms with Gasteiger partial charge in [-0.15, -0.1) is 0 Å². The lowest BCUT2D eigenvalue weighted by Gasteiger charge is -2.38. The molecule has 0 aliphatic heterocycles. The number of hydrogen-bond donors (Lipinski definition) is 0. The van der Waals surface area contributed by atoms with Gasteiger partial charge in [-0.2, -0.15) is 0 Å². The summed E-state index contributed by atoms with van der Waals surface area (Å²) in [6.45, 7) is 7.23. The number of furan rings is 2. The summed E-state index contributed by atoms with van der Waals surface area (Å²) in [6.07, 6.45) is 6.44. The molecule has 438 valence electrons. The normalized spacial score (nSPS) is 15.8. The lowest BCUT2D eigenvalue weighted by atomic mass is 9.62. The molecule has 4 nitrogen and oxygen atoms in total. The molecule has 2 aromatic heterocycles. The van der Waals surface area contributed by atoms with E-state index in [0.29, 0.717) is 0 Å². The molecule has 4 aliphatic rings. The average Bonchev–Trinajstić information content (AvgIpc) is 1.46. The summed E-state index contributed by atoms with van der Waals surface area (Å²) < 4.78 is 13.5. The highest BCUT2D eigenvalue weighted by molar-refractivity contribution is 6.15. The molecule has 0 amide bonds. The number of hydrogen-bond acceptors (Lipinski definition) is 4. The van der Waals surface area contributed by atoms with Crippen LogP contribution in [0.25, 0.3) is 82.8 Å². The molecule has 0 fully saturated rings. The molecule has 15 aromatic rings. The summed E-state index contributed by atoms with van der Waals surface area (Å²) >= 11 is 0. The van der Waals surface area contributed by atoms with Crippen LogP contribution < -0.4 is 9.80 Å². The van der Waals surface area contributed by atoms with Gasteiger partial charge in [0, 0.05) is 50.8 Å². The number of anilines is 5. The fourth-order valence-electron chi connectivity index (χ4n) is 17.6. The van der Waals surface area contributed by atoms with Crippen LogP contribution in [0.4, 0.5) is 28.4 Å². The van der Waals surface area contributed by atoms with Crippen molar-refractivity contribution in [3.63, 3.8) is 0 Å². The molecular weight excluding hydrogens is 1130 g/mol. The van der Waals surface area contributed by atoms with Gasteiger partial charge in [-0.25, -0.2) is 0 Å². The van der Waals surface area contributed by atoms with Crippen LogP contribution >= 0.6 is 0 Å². The van der Waals surface area contributed by atoms with E-state index in [0.717, 1.165) is 100 Å². The van der Waals surface area contributed by atoms with E-state index in [9.17, 15) is 0 Å². The predicted octanol–water partition coefficient (Wildman–Crippen LogP) is 23.5. The molecule has 93 heavy (non-hydrogen) atoms. The highest BCUT2D eigenvalue weighted by Crippen LogP contribution is 2.78. The van der Waals surface area contributed by atoms with Crippen molar-refractivity contribution in [2.75, 3.05) is 9.80 Å². The largest absolute Gasteiger partial charge is 0.456 e. The number of nitrogens with zero attached hydrogens (tertiary/aromatic N) is 2. The lowest BCUT2D eigenvalue weighted by molar-refractivity contribution is 0.425. The highest BCUT2D eigenvalue weighted by atomic mass is 16.3. The van der Waals surface area contributed by atoms with Crippen molar-refractivity contribution in [3.8, 4) is 33.4 Å². The number of rotatable bonds is 10. The van der Waals surface area contributed by atoms with Crippen LogP contribution in [-0.2, 0) is 10.8 Å². The van der Waals surface area contributed by atoms with Crippen LogP contribution in [-0.4, -0.2) is 0 Å². The van der Waals surface area contributed by atoms with Crippen LogP contribution in [0, 0.1) is 0 Å². The number of fused-ring (bicyclic) bond motifs is 25. The summed E-state index contributed by atoms with van der Waals surface area (Å²) in [6, 6.07) is 113. The third-order valence-corrected chi connectivity index (χ3v) is 21.0. The van der Waals surface area contributed by atoms with Gasteiger partial charge in [-0.1, -0.05) is 261 Å². The van der Waals surface area contributed by atoms with Crippen LogP contribution in [0.5, 0.6) is 0 Å². The smallest absolute Gasteiger partial charge is 0.137 e. The molecule has 4 heteroatoms. The van der Waals surface area contributed by atoms with Crippen molar-refractivity contribution in [1.29, 1.82) is 0 Å². The number of allylic oxidation sites excluding steroid dienone is 4. The Bertz CT molecular complexity index is 5570. The molecule has 19 rings (SSSR count). The topological polar surface area (TPSA) is 32.8 Å². The van der Waals surface area contributed by atoms with E-state index < -0.39 is 10.8 Å². The average molecular weight is 1190 g/mol. The maximum absolute atomic E-state index is 6.75. The van der Waals surface area contributed by atoms with Gasteiger partial charge in [0.1, 0.15) is 22.3 Å². The molecule has 0 saturated heterocycles. The van der Waals surface area contributed by atoms with Crippen molar-refractivity contribution < 1.29 is 8.83 Å². The van der Waals surface area contributed by atoms with Gasteiger partial charge in [0.15, 0.2) is 0 Å². The molecule has 13 aromatic carbocycles. The zero-order chi connectivity index (χ0) is 61.5. The van der Waals surface area contributed by atoms with E-state index in [2.05, 4.69) is 338 Å². The Morgan fingerprint density at radius 2 is 0.796 bits per heavy atom. The van der Waals surface area contributed by atoms with Gasteiger partial charge < -0.3 is 18.6 Å². The van der Waals surface area contributed by atoms with E-state index in [1.165, 1.54) is 66.8 Å². The Kier molecular flexibility index (Phi) is 11.7. The van der Waals surface area contributed by atoms with Crippen molar-refractivity contribution in [1.82, 2.24) is 0 Å². The summed E-state index contributed by atoms with van der Waals surface area (Å²) in [7, 11) is 0. The molecule has 0 saturated carbocycles. The summed E-state index contributed by atoms with van der Waals surface area (Å²) in [4.78, 5) is 4.95. The monoisotopic (exact) mass is 1190 g/mol. The minimum Gasteiger partial charge on any atom is -0.456 e. The first-order chi connectivity index (χ1) is 46.0. The fraction of sp³-hybridized carbons (Fsp3) is 0.0562. The van der Waals surface area contributed by atoms with Crippen molar-refractivity contribution in [2.45, 2.75) is 29.6 Å². The molecule has 2 heterocycles. The quantitative estimate of drug-likeness (QED) is 0.128. The standard InChI is InChI=1S/C89H60N2O2/c1-3-4-31-61(57-27-7-5-8-28-57)56(2)90(78-44-25-48-82-84(78)69-37-16-23-46-80(69)92-82)59-50-52-67-75(54-59)88(71-39-18-11-33-63(71)64-34-12-19-40-72(64)88)87-68-53-51-60(55-76(68)89(86(67)87)73-41-20-13-35-65(73)66-36-14-21-42-74(66)89)91(77-43-22-15-32-62(77)58-29-9-6-10-30-58)79-45-26-49-83-85(79)70-38-17-24-47-81(70)93-83/h3-55,86-87H,2H2,1H3/b4-3-,61-31+. The minimum atomic E-state index is -0.680. The summed E-state index contributed by atoms with van der Waals surface area (Å²) in [5.74, 6) is -0.177. The SMILES string of the molecule is C=C(/C(=C\C=C/C)c1ccccc1)N(c1ccc2c(c1)C1(c3ccccc3-c3ccccc31)C1c3ccc(N(c4ccccc4-c4ccccc4)c4cccc5oc6ccccc6c45)cc3C3(c4ccccc4-c4ccccc43)C21)c1cccc2oc3ccccc3c12. The lowest BCUT2D eigenvalue weighted by Crippen LogP contribution is -2.34. The van der Waals surface area contributed by atoms with E-state index in [1.54, 1.807) is 0 Å². The van der Waals surface area contributed by atoms with Gasteiger partial charge in [0.2, 0.25) is 0 Å². The zero-order valence-electron chi connectivity index (χ0n) is 51.2. The number of para-hydroxylation sites is 3. The van der Waals surface area contributed by atoms with Gasteiger partial charge in [0.25, 0.3) is 0 Å². The summed E-state index contributed by atoms with van der Waals surface area (Å²) in [5, 5.41) is 4.25. The Balaban J connectivity index is 0.924. The van der Waals surface area contributed by atoms with E-state index >= 15 is 0 Å². The zero-order valence-corrected chi connectivity index (χ0v) is 51.2. The Hall–Kier alpha value is -11.7. The molecule has 0 radical (unpaired) electrons. The third-order valence-electron chi connectivity index (χ3n) is 21.0. The van der Waals surface area contributed by atoms with Gasteiger partial charge >= 0.3 is 0 Å². The van der Waals surface area contributed by atoms with E-state index in [-0.39, 0.29) is 11.8 Å². The van der Waals surface area contributed by atoms with Crippen molar-refractivity contribution in [2.24, 2.45) is 0 Å². The van der Waals surface area contributed by atoms with E-state index in [4.69, 9.17) is 15.4 Å². The highest BCUT2D eigenvalue weighted by Gasteiger charge is 2.70. The molecule has 0 N–H and O–H groups in total. The molecular formula is C89H60N2O2. The number of benzene rings is 13. The maximum Gasteiger partial charge on any atom is 0.137 e. The second-order valence-electron chi connectivity index (χ2n) is 25.3. The Morgan fingerprint density at radius 3 is 1.34 bits per heavy atom. The van der Waals surface area contributed by atoms with Crippen molar-refractivity contribution in [3.05, 3.63) is 384 Å². The van der Waals surface area contributed by atoms with Gasteiger partial charge in [-0.3, -0.25) is 0 Å². The molecule has 2 unspecified atom stereocenters. The van der Waals surface area contributed by atoms with Crippen LogP contribution in [0.2, 0.25) is 0 Å². The second kappa shape index (κ2) is 20.4. The second-order valence-corrected chi connectivity index (χ2v) is 25.3.